The Balaban J connectivity index is 0.000000217. The molecule has 4 bridgehead atoms. The number of nitrogens with two attached hydrogens (primary N) is 1. The minimum atomic E-state index is -5.08. The predicted octanol–water partition coefficient (Wildman–Crippen LogP) is 11.2. The second-order valence-corrected chi connectivity index (χ2v) is 20.6. The lowest BCUT2D eigenvalue weighted by Crippen LogP contribution is -2.42. The number of nitrogens with zero attached hydrogens (tertiary/aromatic N) is 2. The summed E-state index contributed by atoms with van der Waals surface area (Å²) in [4.78, 5) is 76.8. The number of carbonyl (C=O) groups excluding carboxylic acids is 5. The van der Waals surface area contributed by atoms with Gasteiger partial charge in [0.05, 0.1) is 36.3 Å². The van der Waals surface area contributed by atoms with Crippen molar-refractivity contribution in [2.45, 2.75) is 147 Å². The highest BCUT2D eigenvalue weighted by Gasteiger charge is 2.46. The molecule has 4 heterocycles. The number of ketones is 2. The van der Waals surface area contributed by atoms with E-state index in [1.807, 2.05) is 70.5 Å². The minimum Gasteiger partial charge on any atom is -0.475 e. The molecule has 15 heteroatoms. The molecule has 0 saturated carbocycles. The van der Waals surface area contributed by atoms with Crippen molar-refractivity contribution in [3.63, 3.8) is 0 Å². The van der Waals surface area contributed by atoms with Crippen LogP contribution < -0.4 is 11.1 Å². The van der Waals surface area contributed by atoms with Gasteiger partial charge in [0.2, 0.25) is 11.8 Å². The van der Waals surface area contributed by atoms with Crippen molar-refractivity contribution in [3.05, 3.63) is 167 Å². The lowest BCUT2D eigenvalue weighted by Gasteiger charge is -2.23. The van der Waals surface area contributed by atoms with Crippen molar-refractivity contribution in [1.29, 1.82) is 0 Å². The molecule has 0 radical (unpaired) electrons. The molecule has 8 atom stereocenters. The number of carboxylic acids is 1. The summed E-state index contributed by atoms with van der Waals surface area (Å²) in [7, 11) is 0. The summed E-state index contributed by atoms with van der Waals surface area (Å²) < 4.78 is 37.0. The Bertz CT molecular complexity index is 2590. The second kappa shape index (κ2) is 25.4. The van der Waals surface area contributed by atoms with E-state index in [4.69, 9.17) is 20.4 Å². The maximum Gasteiger partial charge on any atom is 0.490 e. The number of ether oxygens (including phenoxy) is 1. The summed E-state index contributed by atoms with van der Waals surface area (Å²) in [5.41, 5.74) is 12.7. The molecule has 4 aliphatic rings. The highest BCUT2D eigenvalue weighted by molar-refractivity contribution is 5.91. The van der Waals surface area contributed by atoms with Crippen LogP contribution >= 0.6 is 0 Å². The summed E-state index contributed by atoms with van der Waals surface area (Å²) in [6.45, 7) is 8.75. The SMILES string of the molecule is C[C@H](N)C(=O)C[C@H](/C=C/C(=O)N1[C@@H]2CC[C@H]1c1ccccc12)CCc1ccccc1.C[C@H](NC(=O)OC(C)(C)C)C(=O)C[C@H](/C=C/C(=O)N1[C@@H]2CC[C@H]1c1ccccc12)CCc1ccccc1.O=C(O)C(F)(F)F. The number of allylic oxidation sites excluding steroid dienone is 2. The fraction of sp³-hybridized carbons (Fsp3) is 0.424. The van der Waals surface area contributed by atoms with E-state index in [-0.39, 0.29) is 65.8 Å². The molecule has 4 aromatic rings. The number of rotatable bonds is 17. The highest BCUT2D eigenvalue weighted by atomic mass is 19.4. The minimum absolute atomic E-state index is 0.000730. The van der Waals surface area contributed by atoms with E-state index < -0.39 is 35.9 Å². The van der Waals surface area contributed by atoms with Crippen LogP contribution in [0.2, 0.25) is 0 Å². The number of hydrogen-bond acceptors (Lipinski definition) is 8. The van der Waals surface area contributed by atoms with Crippen LogP contribution in [0.15, 0.2) is 133 Å². The smallest absolute Gasteiger partial charge is 0.475 e. The van der Waals surface area contributed by atoms with Crippen molar-refractivity contribution >= 4 is 35.4 Å². The van der Waals surface area contributed by atoms with Crippen molar-refractivity contribution < 1.29 is 51.8 Å². The summed E-state index contributed by atoms with van der Waals surface area (Å²) in [5.74, 6) is -2.86. The molecule has 12 nitrogen and oxygen atoms in total. The lowest BCUT2D eigenvalue weighted by atomic mass is 9.92. The third kappa shape index (κ3) is 15.3. The fourth-order valence-corrected chi connectivity index (χ4v) is 10.3. The first kappa shape index (κ1) is 56.4. The van der Waals surface area contributed by atoms with Crippen molar-refractivity contribution in [3.8, 4) is 0 Å². The number of carboxylic acid groups (broad SMARTS) is 1. The Morgan fingerprint density at radius 3 is 1.28 bits per heavy atom. The van der Waals surface area contributed by atoms with Gasteiger partial charge in [-0.2, -0.15) is 13.2 Å². The zero-order valence-electron chi connectivity index (χ0n) is 42.8. The zero-order valence-corrected chi connectivity index (χ0v) is 42.8. The molecule has 4 aromatic carbocycles. The number of benzene rings is 4. The first-order valence-corrected chi connectivity index (χ1v) is 25.5. The van der Waals surface area contributed by atoms with Crippen LogP contribution in [0.3, 0.4) is 0 Å². The van der Waals surface area contributed by atoms with Gasteiger partial charge in [-0.1, -0.05) is 121 Å². The Morgan fingerprint density at radius 2 is 0.959 bits per heavy atom. The fourth-order valence-electron chi connectivity index (χ4n) is 10.3. The zero-order chi connectivity index (χ0) is 53.7. The van der Waals surface area contributed by atoms with E-state index in [2.05, 4.69) is 66.0 Å². The van der Waals surface area contributed by atoms with Gasteiger partial charge < -0.3 is 30.7 Å². The average Bonchev–Trinajstić information content (AvgIpc) is 4.15. The van der Waals surface area contributed by atoms with Crippen molar-refractivity contribution in [2.24, 2.45) is 17.6 Å². The van der Waals surface area contributed by atoms with Crippen molar-refractivity contribution in [1.82, 2.24) is 15.1 Å². The quantitative estimate of drug-likeness (QED) is 0.0869. The number of alkyl halides is 3. The van der Waals surface area contributed by atoms with E-state index in [0.717, 1.165) is 51.4 Å². The molecule has 4 N–H and O–H groups in total. The standard InChI is InChI=1S/C31H38N2O4.C26H30N2O2.C2HF3O2/c1-21(32-30(36)37-31(2,3)4)28(34)20-23(15-14-22-10-6-5-7-11-22)16-19-29(35)33-26-17-18-27(33)25-13-9-8-12-24(25)26;1-18(27)25(29)17-20(12-11-19-7-3-2-4-8-19)13-16-26(30)28-23-14-15-24(28)22-10-6-5-9-21(22)23;3-2(4,5)1(6)7/h5-13,16,19,21,23,26-27H,14-15,17-18,20H2,1-4H3,(H,32,36);2-10,13,16,18,20,23-24H,11-12,14-15,17,27H2,1H3;(H,6,7)/b19-16+;16-13+;/t21-,23-,26-,27+;18-,20-,23-,24+;/m00./s1. The molecule has 0 aliphatic carbocycles. The molecule has 0 aromatic heterocycles. The molecule has 0 spiro atoms. The van der Waals surface area contributed by atoms with Crippen LogP contribution in [0.5, 0.6) is 0 Å². The lowest BCUT2D eigenvalue weighted by molar-refractivity contribution is -0.192. The van der Waals surface area contributed by atoms with Gasteiger partial charge in [0, 0.05) is 12.8 Å². The predicted molar refractivity (Wildman–Crippen MR) is 276 cm³/mol. The van der Waals surface area contributed by atoms with Crippen LogP contribution in [0.25, 0.3) is 0 Å². The highest BCUT2D eigenvalue weighted by Crippen LogP contribution is 2.54. The van der Waals surface area contributed by atoms with Crippen molar-refractivity contribution in [2.75, 3.05) is 0 Å². The number of hydrogen-bond donors (Lipinski definition) is 3. The van der Waals surface area contributed by atoms with Gasteiger partial charge in [-0.3, -0.25) is 19.2 Å². The largest absolute Gasteiger partial charge is 0.490 e. The second-order valence-electron chi connectivity index (χ2n) is 20.6. The van der Waals surface area contributed by atoms with Gasteiger partial charge in [-0.15, -0.1) is 0 Å². The van der Waals surface area contributed by atoms with Gasteiger partial charge in [0.25, 0.3) is 0 Å². The van der Waals surface area contributed by atoms with E-state index in [0.29, 0.717) is 6.42 Å². The Labute approximate surface area is 432 Å². The number of aryl methyl sites for hydroxylation is 2. The Kier molecular flexibility index (Phi) is 19.4. The average molecular weight is 1020 g/mol. The van der Waals surface area contributed by atoms with Crippen LogP contribution in [-0.4, -0.2) is 74.2 Å². The molecule has 3 amide bonds. The number of halogens is 3. The van der Waals surface area contributed by atoms with Gasteiger partial charge in [0.1, 0.15) is 11.4 Å². The maximum absolute atomic E-state index is 13.3. The van der Waals surface area contributed by atoms with E-state index >= 15 is 0 Å². The molecular weight excluding hydrogens is 950 g/mol. The maximum atomic E-state index is 13.3. The topological polar surface area (TPSA) is 176 Å². The normalized spacial score (nSPS) is 19.8. The number of carbonyl (C=O) groups is 6. The first-order valence-electron chi connectivity index (χ1n) is 25.5. The van der Waals surface area contributed by atoms with Crippen LogP contribution in [0, 0.1) is 11.8 Å². The van der Waals surface area contributed by atoms with Gasteiger partial charge in [-0.05, 0) is 143 Å². The molecule has 4 aliphatic heterocycles. The molecule has 74 heavy (non-hydrogen) atoms. The third-order valence-corrected chi connectivity index (χ3v) is 13.9. The molecule has 8 rings (SSSR count). The van der Waals surface area contributed by atoms with Gasteiger partial charge in [-0.25, -0.2) is 9.59 Å². The summed E-state index contributed by atoms with van der Waals surface area (Å²) in [6.07, 6.45) is 9.37. The van der Waals surface area contributed by atoms with Crippen LogP contribution in [0.4, 0.5) is 18.0 Å². The molecule has 0 unspecified atom stereocenters. The number of amides is 3. The summed E-state index contributed by atoms with van der Waals surface area (Å²) >= 11 is 0. The van der Waals surface area contributed by atoms with E-state index in [9.17, 15) is 37.1 Å². The Hall–Kier alpha value is -6.87. The molecule has 394 valence electrons. The first-order chi connectivity index (χ1) is 35.1. The summed E-state index contributed by atoms with van der Waals surface area (Å²) in [5, 5.41) is 9.77. The molecule has 2 fully saturated rings. The summed E-state index contributed by atoms with van der Waals surface area (Å²) in [6, 6.07) is 36.6. The monoisotopic (exact) mass is 1020 g/mol. The molecular formula is C59H69F3N4O8. The number of aliphatic carboxylic acids is 1. The van der Waals surface area contributed by atoms with E-state index in [1.165, 1.54) is 33.4 Å². The third-order valence-electron chi connectivity index (χ3n) is 13.9. The van der Waals surface area contributed by atoms with E-state index in [1.54, 1.807) is 46.8 Å². The number of fused-ring (bicyclic) bond motifs is 10. The van der Waals surface area contributed by atoms with Gasteiger partial charge in [0.15, 0.2) is 5.78 Å². The van der Waals surface area contributed by atoms with Gasteiger partial charge >= 0.3 is 18.2 Å². The number of Topliss-reactive ketones (excluding diaryl/α,β-unsaturated/α-hetero) is 2. The van der Waals surface area contributed by atoms with Crippen LogP contribution in [-0.2, 0) is 41.6 Å². The molecule has 2 saturated heterocycles. The number of alkyl carbamates (subject to hydrolysis) is 1. The number of nitrogens with one attached hydrogen (secondary N) is 1. The van der Waals surface area contributed by atoms with Crippen LogP contribution in [0.1, 0.15) is 144 Å². The Morgan fingerprint density at radius 1 is 0.622 bits per heavy atom.